The van der Waals surface area contributed by atoms with Crippen LogP contribution in [0.5, 0.6) is 5.75 Å². The number of hydrogen-bond donors (Lipinski definition) is 3. The number of carbonyl (C=O) groups excluding carboxylic acids is 2. The smallest absolute Gasteiger partial charge is 0.272 e. The summed E-state index contributed by atoms with van der Waals surface area (Å²) in [6, 6.07) is 8.25. The maximum Gasteiger partial charge on any atom is 0.272 e. The summed E-state index contributed by atoms with van der Waals surface area (Å²) in [6.45, 7) is 3.87. The summed E-state index contributed by atoms with van der Waals surface area (Å²) in [5.41, 5.74) is -0.862. The van der Waals surface area contributed by atoms with E-state index in [4.69, 9.17) is 16.3 Å². The maximum atomic E-state index is 15.4. The van der Waals surface area contributed by atoms with E-state index in [1.54, 1.807) is 20.8 Å². The first-order chi connectivity index (χ1) is 20.1. The van der Waals surface area contributed by atoms with Crippen molar-refractivity contribution >= 4 is 51.8 Å². The molecule has 3 N–H and O–H groups in total. The first-order valence-electron chi connectivity index (χ1n) is 12.9. The van der Waals surface area contributed by atoms with Crippen LogP contribution in [0, 0.1) is 22.9 Å². The molecule has 2 amide bonds. The Hall–Kier alpha value is -4.39. The second-order valence-electron chi connectivity index (χ2n) is 10.6. The zero-order chi connectivity index (χ0) is 31.6. The molecule has 228 valence electrons. The molecule has 0 bridgehead atoms. The lowest BCUT2D eigenvalue weighted by atomic mass is 9.95. The number of ether oxygens (including phenoxy) is 1. The number of carbonyl (C=O) groups is 2. The summed E-state index contributed by atoms with van der Waals surface area (Å²) in [5, 5.41) is 7.46. The van der Waals surface area contributed by atoms with Gasteiger partial charge in [0.25, 0.3) is 12.3 Å². The number of nitrogens with zero attached hydrogens (tertiary/aromatic N) is 2. The third-order valence-electron chi connectivity index (χ3n) is 6.30. The first-order valence-corrected chi connectivity index (χ1v) is 13.2. The molecule has 0 saturated heterocycles. The van der Waals surface area contributed by atoms with Gasteiger partial charge in [0.15, 0.2) is 5.82 Å². The summed E-state index contributed by atoms with van der Waals surface area (Å²) in [5.74, 6) is -3.99. The van der Waals surface area contributed by atoms with Gasteiger partial charge in [-0.05, 0) is 30.3 Å². The average Bonchev–Trinajstić information content (AvgIpc) is 3.24. The Balaban J connectivity index is 1.69. The number of benzene rings is 3. The quantitative estimate of drug-likeness (QED) is 0.175. The van der Waals surface area contributed by atoms with Gasteiger partial charge in [0.1, 0.15) is 29.7 Å². The van der Waals surface area contributed by atoms with Gasteiger partial charge in [-0.25, -0.2) is 26.9 Å². The second kappa shape index (κ2) is 12.5. The van der Waals surface area contributed by atoms with Crippen molar-refractivity contribution in [2.24, 2.45) is 12.5 Å². The van der Waals surface area contributed by atoms with Crippen LogP contribution in [-0.4, -0.2) is 34.4 Å². The molecule has 1 heterocycles. The molecule has 14 heteroatoms. The van der Waals surface area contributed by atoms with Crippen LogP contribution in [0.25, 0.3) is 11.0 Å². The van der Waals surface area contributed by atoms with Crippen molar-refractivity contribution in [3.8, 4) is 5.75 Å². The highest BCUT2D eigenvalue weighted by atomic mass is 35.5. The van der Waals surface area contributed by atoms with Gasteiger partial charge < -0.3 is 25.3 Å². The van der Waals surface area contributed by atoms with E-state index in [9.17, 15) is 27.2 Å². The van der Waals surface area contributed by atoms with Gasteiger partial charge in [0, 0.05) is 36.3 Å². The van der Waals surface area contributed by atoms with Crippen LogP contribution in [0.1, 0.15) is 36.7 Å². The molecule has 3 aromatic carbocycles. The number of aromatic nitrogens is 2. The van der Waals surface area contributed by atoms with Crippen LogP contribution >= 0.6 is 11.6 Å². The van der Waals surface area contributed by atoms with Gasteiger partial charge in [-0.3, -0.25) is 9.59 Å². The molecule has 43 heavy (non-hydrogen) atoms. The molecule has 0 radical (unpaired) electrons. The summed E-state index contributed by atoms with van der Waals surface area (Å²) in [4.78, 5) is 29.7. The Morgan fingerprint density at radius 1 is 1.05 bits per heavy atom. The van der Waals surface area contributed by atoms with Gasteiger partial charge >= 0.3 is 0 Å². The molecule has 0 fully saturated rings. The number of aryl methyl sites for hydroxylation is 1. The van der Waals surface area contributed by atoms with Gasteiger partial charge in [-0.1, -0.05) is 38.4 Å². The van der Waals surface area contributed by atoms with Crippen molar-refractivity contribution in [2.45, 2.75) is 33.7 Å². The Labute approximate surface area is 248 Å². The number of halogens is 6. The summed E-state index contributed by atoms with van der Waals surface area (Å²) < 4.78 is 76.2. The van der Waals surface area contributed by atoms with Gasteiger partial charge in [-0.15, -0.1) is 0 Å². The van der Waals surface area contributed by atoms with Crippen molar-refractivity contribution < 1.29 is 36.3 Å². The van der Waals surface area contributed by atoms with Crippen LogP contribution in [-0.2, 0) is 18.4 Å². The van der Waals surface area contributed by atoms with Crippen molar-refractivity contribution in [3.63, 3.8) is 0 Å². The van der Waals surface area contributed by atoms with E-state index in [0.29, 0.717) is 0 Å². The number of imidazole rings is 1. The summed E-state index contributed by atoms with van der Waals surface area (Å²) >= 11 is 5.78. The Kier molecular flexibility index (Phi) is 9.14. The standard InChI is InChI=1S/C29H27ClF5N5O3/c1-29(2,3)27(42)36-12-14-5-7-19(32)25(24(14)35)39-28-38-20-10-16(22(43-13-23(33)34)11-21(20)40(28)4)26(41)37-15-6-8-18(31)17(30)9-15/h5-11,23H,12-13H2,1-4H3,(H,36,42)(H,37,41)(H,38,39). The number of rotatable bonds is 9. The Morgan fingerprint density at radius 3 is 2.40 bits per heavy atom. The highest BCUT2D eigenvalue weighted by molar-refractivity contribution is 6.31. The normalized spacial score (nSPS) is 11.6. The number of alkyl halides is 2. The first kappa shape index (κ1) is 31.5. The van der Waals surface area contributed by atoms with Crippen LogP contribution in [0.15, 0.2) is 42.5 Å². The molecular weight excluding hydrogens is 597 g/mol. The summed E-state index contributed by atoms with van der Waals surface area (Å²) in [7, 11) is 1.50. The van der Waals surface area contributed by atoms with E-state index in [-0.39, 0.29) is 57.0 Å². The fourth-order valence-corrected chi connectivity index (χ4v) is 4.13. The minimum atomic E-state index is -2.85. The lowest BCUT2D eigenvalue weighted by Gasteiger charge is -2.18. The van der Waals surface area contributed by atoms with E-state index >= 15 is 4.39 Å². The van der Waals surface area contributed by atoms with E-state index in [2.05, 4.69) is 20.9 Å². The molecule has 0 aliphatic heterocycles. The Morgan fingerprint density at radius 2 is 1.74 bits per heavy atom. The molecule has 0 unspecified atom stereocenters. The molecule has 0 spiro atoms. The van der Waals surface area contributed by atoms with Gasteiger partial charge in [-0.2, -0.15) is 0 Å². The number of nitrogens with one attached hydrogen (secondary N) is 3. The second-order valence-corrected chi connectivity index (χ2v) is 11.0. The van der Waals surface area contributed by atoms with Crippen LogP contribution in [0.3, 0.4) is 0 Å². The fraction of sp³-hybridized carbons (Fsp3) is 0.276. The number of anilines is 3. The topological polar surface area (TPSA) is 97.3 Å². The third kappa shape index (κ3) is 7.16. The average molecular weight is 624 g/mol. The zero-order valence-corrected chi connectivity index (χ0v) is 24.2. The molecule has 0 aliphatic rings. The predicted octanol–water partition coefficient (Wildman–Crippen LogP) is 6.95. The molecule has 8 nitrogen and oxygen atoms in total. The number of amides is 2. The van der Waals surface area contributed by atoms with Crippen LogP contribution < -0.4 is 20.7 Å². The number of hydrogen-bond acceptors (Lipinski definition) is 5. The van der Waals surface area contributed by atoms with E-state index in [1.807, 2.05) is 0 Å². The fourth-order valence-electron chi connectivity index (χ4n) is 3.95. The van der Waals surface area contributed by atoms with Gasteiger partial charge in [0.2, 0.25) is 11.9 Å². The van der Waals surface area contributed by atoms with Crippen LogP contribution in [0.4, 0.5) is 39.3 Å². The lowest BCUT2D eigenvalue weighted by molar-refractivity contribution is -0.128. The lowest BCUT2D eigenvalue weighted by Crippen LogP contribution is -2.34. The maximum absolute atomic E-state index is 15.4. The third-order valence-corrected chi connectivity index (χ3v) is 6.59. The largest absolute Gasteiger partial charge is 0.487 e. The van der Waals surface area contributed by atoms with E-state index in [0.717, 1.165) is 12.1 Å². The number of fused-ring (bicyclic) bond motifs is 1. The van der Waals surface area contributed by atoms with Crippen molar-refractivity contribution in [1.82, 2.24) is 14.9 Å². The van der Waals surface area contributed by atoms with E-state index < -0.39 is 47.5 Å². The highest BCUT2D eigenvalue weighted by Gasteiger charge is 2.24. The molecule has 0 atom stereocenters. The minimum Gasteiger partial charge on any atom is -0.487 e. The Bertz CT molecular complexity index is 1700. The molecule has 4 rings (SSSR count). The molecule has 0 aliphatic carbocycles. The molecule has 1 aromatic heterocycles. The van der Waals surface area contributed by atoms with Crippen molar-refractivity contribution in [2.75, 3.05) is 17.2 Å². The predicted molar refractivity (Wildman–Crippen MR) is 153 cm³/mol. The molecular formula is C29H27ClF5N5O3. The molecule has 4 aromatic rings. The molecule has 0 saturated carbocycles. The summed E-state index contributed by atoms with van der Waals surface area (Å²) in [6.07, 6.45) is -2.85. The zero-order valence-electron chi connectivity index (χ0n) is 23.4. The van der Waals surface area contributed by atoms with Crippen molar-refractivity contribution in [1.29, 1.82) is 0 Å². The minimum absolute atomic E-state index is 0.0165. The van der Waals surface area contributed by atoms with E-state index in [1.165, 1.54) is 41.9 Å². The van der Waals surface area contributed by atoms with Crippen molar-refractivity contribution in [3.05, 3.63) is 76.1 Å². The SMILES string of the molecule is Cn1c(Nc2c(F)ccc(CNC(=O)C(C)(C)C)c2F)nc2cc(C(=O)Nc3ccc(F)c(Cl)c3)c(OCC(F)F)cc21. The monoisotopic (exact) mass is 623 g/mol. The highest BCUT2D eigenvalue weighted by Crippen LogP contribution is 2.32. The van der Waals surface area contributed by atoms with Crippen LogP contribution in [0.2, 0.25) is 5.02 Å². The van der Waals surface area contributed by atoms with Gasteiger partial charge in [0.05, 0.1) is 21.6 Å².